The first-order valence-electron chi connectivity index (χ1n) is 7.48. The van der Waals surface area contributed by atoms with E-state index in [-0.39, 0.29) is 24.1 Å². The summed E-state index contributed by atoms with van der Waals surface area (Å²) in [6.45, 7) is 0.840. The van der Waals surface area contributed by atoms with Gasteiger partial charge in [-0.25, -0.2) is 0 Å². The smallest absolute Gasteiger partial charge is 0.220 e. The van der Waals surface area contributed by atoms with Crippen molar-refractivity contribution in [1.29, 1.82) is 0 Å². The minimum Gasteiger partial charge on any atom is -0.378 e. The number of carbonyl (C=O) groups excluding carboxylic acids is 1. The Balaban J connectivity index is 1.55. The highest BCUT2D eigenvalue weighted by atomic mass is 16.5. The van der Waals surface area contributed by atoms with Gasteiger partial charge in [-0.2, -0.15) is 0 Å². The molecule has 3 rings (SSSR count). The van der Waals surface area contributed by atoms with Crippen LogP contribution in [0.4, 0.5) is 0 Å². The van der Waals surface area contributed by atoms with Gasteiger partial charge < -0.3 is 15.8 Å². The number of rotatable bonds is 4. The second kappa shape index (κ2) is 5.94. The lowest BCUT2D eigenvalue weighted by Crippen LogP contribution is -2.38. The largest absolute Gasteiger partial charge is 0.378 e. The Kier molecular flexibility index (Phi) is 4.03. The van der Waals surface area contributed by atoms with Crippen LogP contribution < -0.4 is 11.1 Å². The molecule has 0 spiro atoms. The third-order valence-electron chi connectivity index (χ3n) is 4.31. The van der Waals surface area contributed by atoms with E-state index >= 15 is 0 Å². The predicted molar refractivity (Wildman–Crippen MR) is 77.2 cm³/mol. The quantitative estimate of drug-likeness (QED) is 0.878. The zero-order valence-electron chi connectivity index (χ0n) is 11.7. The van der Waals surface area contributed by atoms with E-state index in [9.17, 15) is 4.79 Å². The van der Waals surface area contributed by atoms with Gasteiger partial charge in [0.2, 0.25) is 5.91 Å². The number of amides is 1. The first-order chi connectivity index (χ1) is 9.74. The second-order valence-corrected chi connectivity index (χ2v) is 5.79. The standard InChI is InChI=1S/C16H22N2O2/c17-14-10-11-4-1-2-6-13(11)16(14)18-15(19)8-7-12-5-3-9-20-12/h1-2,4,6,12,14,16H,3,5,7-10,17H2,(H,18,19). The molecule has 3 unspecified atom stereocenters. The average molecular weight is 274 g/mol. The molecule has 1 heterocycles. The van der Waals surface area contributed by atoms with E-state index in [1.165, 1.54) is 11.1 Å². The van der Waals surface area contributed by atoms with Crippen molar-refractivity contribution >= 4 is 5.91 Å². The summed E-state index contributed by atoms with van der Waals surface area (Å²) >= 11 is 0. The maximum atomic E-state index is 12.1. The normalized spacial score (nSPS) is 28.4. The molecule has 1 aliphatic carbocycles. The molecule has 4 nitrogen and oxygen atoms in total. The molecule has 1 aromatic rings. The first-order valence-corrected chi connectivity index (χ1v) is 7.48. The highest BCUT2D eigenvalue weighted by Gasteiger charge is 2.30. The predicted octanol–water partition coefficient (Wildman–Crippen LogP) is 1.69. The molecule has 108 valence electrons. The van der Waals surface area contributed by atoms with Gasteiger partial charge in [0.15, 0.2) is 0 Å². The molecular formula is C16H22N2O2. The summed E-state index contributed by atoms with van der Waals surface area (Å²) in [6, 6.07) is 8.12. The number of hydrogen-bond donors (Lipinski definition) is 2. The highest BCUT2D eigenvalue weighted by molar-refractivity contribution is 5.76. The average Bonchev–Trinajstić information content (AvgIpc) is 3.06. The van der Waals surface area contributed by atoms with Crippen molar-refractivity contribution in [3.8, 4) is 0 Å². The fourth-order valence-electron chi connectivity index (χ4n) is 3.22. The van der Waals surface area contributed by atoms with Crippen molar-refractivity contribution in [2.24, 2.45) is 5.73 Å². The van der Waals surface area contributed by atoms with Crippen molar-refractivity contribution in [1.82, 2.24) is 5.32 Å². The van der Waals surface area contributed by atoms with Crippen LogP contribution in [0.2, 0.25) is 0 Å². The van der Waals surface area contributed by atoms with Crippen molar-refractivity contribution in [3.63, 3.8) is 0 Å². The lowest BCUT2D eigenvalue weighted by molar-refractivity contribution is -0.122. The minimum atomic E-state index is -0.0387. The Bertz CT molecular complexity index is 483. The molecule has 1 aromatic carbocycles. The van der Waals surface area contributed by atoms with Crippen molar-refractivity contribution < 1.29 is 9.53 Å². The topological polar surface area (TPSA) is 64.3 Å². The number of carbonyl (C=O) groups is 1. The van der Waals surface area contributed by atoms with Crippen LogP contribution in [0.25, 0.3) is 0 Å². The van der Waals surface area contributed by atoms with Crippen molar-refractivity contribution in [2.75, 3.05) is 6.61 Å². The summed E-state index contributed by atoms with van der Waals surface area (Å²) in [5.41, 5.74) is 8.58. The molecule has 1 fully saturated rings. The lowest BCUT2D eigenvalue weighted by Gasteiger charge is -2.19. The molecular weight excluding hydrogens is 252 g/mol. The fourth-order valence-corrected chi connectivity index (χ4v) is 3.22. The first kappa shape index (κ1) is 13.6. The van der Waals surface area contributed by atoms with Crippen LogP contribution in [-0.2, 0) is 16.0 Å². The molecule has 0 saturated carbocycles. The van der Waals surface area contributed by atoms with E-state index in [0.717, 1.165) is 32.3 Å². The Hall–Kier alpha value is -1.39. The second-order valence-electron chi connectivity index (χ2n) is 5.79. The van der Waals surface area contributed by atoms with E-state index in [4.69, 9.17) is 10.5 Å². The van der Waals surface area contributed by atoms with Gasteiger partial charge in [-0.3, -0.25) is 4.79 Å². The van der Waals surface area contributed by atoms with Crippen LogP contribution in [0.5, 0.6) is 0 Å². The van der Waals surface area contributed by atoms with Gasteiger partial charge in [0, 0.05) is 19.1 Å². The molecule has 1 amide bonds. The van der Waals surface area contributed by atoms with E-state index in [1.54, 1.807) is 0 Å². The number of ether oxygens (including phenoxy) is 1. The molecule has 2 aliphatic rings. The van der Waals surface area contributed by atoms with Gasteiger partial charge in [0.05, 0.1) is 12.1 Å². The zero-order chi connectivity index (χ0) is 13.9. The van der Waals surface area contributed by atoms with Gasteiger partial charge in [-0.1, -0.05) is 24.3 Å². The number of nitrogens with one attached hydrogen (secondary N) is 1. The number of hydrogen-bond acceptors (Lipinski definition) is 3. The molecule has 1 aliphatic heterocycles. The summed E-state index contributed by atoms with van der Waals surface area (Å²) in [5.74, 6) is 0.0812. The summed E-state index contributed by atoms with van der Waals surface area (Å²) in [5, 5.41) is 3.09. The Labute approximate surface area is 119 Å². The Morgan fingerprint density at radius 2 is 2.25 bits per heavy atom. The summed E-state index contributed by atoms with van der Waals surface area (Å²) in [4.78, 5) is 12.1. The van der Waals surface area contributed by atoms with Crippen LogP contribution in [0.1, 0.15) is 42.9 Å². The van der Waals surface area contributed by atoms with Crippen LogP contribution in [0, 0.1) is 0 Å². The summed E-state index contributed by atoms with van der Waals surface area (Å²) < 4.78 is 5.55. The van der Waals surface area contributed by atoms with E-state index < -0.39 is 0 Å². The minimum absolute atomic E-state index is 0.0147. The third-order valence-corrected chi connectivity index (χ3v) is 4.31. The van der Waals surface area contributed by atoms with Gasteiger partial charge >= 0.3 is 0 Å². The third kappa shape index (κ3) is 2.86. The molecule has 3 N–H and O–H groups in total. The lowest BCUT2D eigenvalue weighted by atomic mass is 10.1. The van der Waals surface area contributed by atoms with E-state index in [1.807, 2.05) is 12.1 Å². The van der Waals surface area contributed by atoms with E-state index in [2.05, 4.69) is 17.4 Å². The number of nitrogens with two attached hydrogens (primary N) is 1. The van der Waals surface area contributed by atoms with Crippen molar-refractivity contribution in [2.45, 2.75) is 50.3 Å². The molecule has 0 aromatic heterocycles. The SMILES string of the molecule is NC1Cc2ccccc2C1NC(=O)CCC1CCCO1. The molecule has 3 atom stereocenters. The van der Waals surface area contributed by atoms with Gasteiger partial charge in [0.25, 0.3) is 0 Å². The zero-order valence-corrected chi connectivity index (χ0v) is 11.7. The van der Waals surface area contributed by atoms with Crippen LogP contribution >= 0.6 is 0 Å². The van der Waals surface area contributed by atoms with Crippen LogP contribution in [0.15, 0.2) is 24.3 Å². The molecule has 1 saturated heterocycles. The van der Waals surface area contributed by atoms with Gasteiger partial charge in [-0.15, -0.1) is 0 Å². The summed E-state index contributed by atoms with van der Waals surface area (Å²) in [6.07, 6.45) is 4.65. The molecule has 0 bridgehead atoms. The molecule has 0 radical (unpaired) electrons. The summed E-state index contributed by atoms with van der Waals surface area (Å²) in [7, 11) is 0. The molecule has 20 heavy (non-hydrogen) atoms. The fraction of sp³-hybridized carbons (Fsp3) is 0.562. The number of benzene rings is 1. The van der Waals surface area contributed by atoms with Gasteiger partial charge in [0.1, 0.15) is 0 Å². The maximum absolute atomic E-state index is 12.1. The van der Waals surface area contributed by atoms with Crippen LogP contribution in [0.3, 0.4) is 0 Å². The maximum Gasteiger partial charge on any atom is 0.220 e. The Morgan fingerprint density at radius 1 is 1.40 bits per heavy atom. The van der Waals surface area contributed by atoms with Crippen LogP contribution in [-0.4, -0.2) is 24.7 Å². The van der Waals surface area contributed by atoms with E-state index in [0.29, 0.717) is 6.42 Å². The molecule has 4 heteroatoms. The van der Waals surface area contributed by atoms with Gasteiger partial charge in [-0.05, 0) is 36.8 Å². The monoisotopic (exact) mass is 274 g/mol. The Morgan fingerprint density at radius 3 is 3.05 bits per heavy atom. The number of fused-ring (bicyclic) bond motifs is 1. The highest BCUT2D eigenvalue weighted by Crippen LogP contribution is 2.30. The van der Waals surface area contributed by atoms with Crippen molar-refractivity contribution in [3.05, 3.63) is 35.4 Å².